The van der Waals surface area contributed by atoms with Gasteiger partial charge in [-0.05, 0) is 54.7 Å². The van der Waals surface area contributed by atoms with Crippen LogP contribution in [0.25, 0.3) is 11.0 Å². The van der Waals surface area contributed by atoms with Crippen LogP contribution in [0.1, 0.15) is 37.1 Å². The maximum absolute atomic E-state index is 5.85. The van der Waals surface area contributed by atoms with Crippen molar-refractivity contribution in [2.75, 3.05) is 63.6 Å². The Balaban J connectivity index is 1.16. The maximum atomic E-state index is 5.85. The number of rotatable bonds is 7. The fourth-order valence-corrected chi connectivity index (χ4v) is 5.95. The minimum absolute atomic E-state index is 0.521. The number of hydrogen-bond acceptors (Lipinski definition) is 7. The predicted molar refractivity (Wildman–Crippen MR) is 148 cm³/mol. The topological polar surface area (TPSA) is 72.6 Å². The molecule has 3 fully saturated rings. The van der Waals surface area contributed by atoms with E-state index in [2.05, 4.69) is 66.2 Å². The Hall–Kier alpha value is -2.36. The number of piperazine rings is 1. The van der Waals surface area contributed by atoms with Gasteiger partial charge >= 0.3 is 0 Å². The van der Waals surface area contributed by atoms with Crippen molar-refractivity contribution in [3.05, 3.63) is 40.3 Å². The SMILES string of the molecule is COc1cc(N2CCC(N3CCN(C)CC3)CC2)ccc1Cc1nc(NC2CC2)c2[nH]cc(Br)c2n1. The van der Waals surface area contributed by atoms with Crippen molar-refractivity contribution in [2.24, 2.45) is 0 Å². The highest BCUT2D eigenvalue weighted by molar-refractivity contribution is 9.10. The number of H-pyrrole nitrogens is 1. The summed E-state index contributed by atoms with van der Waals surface area (Å²) in [7, 11) is 3.99. The first-order chi connectivity index (χ1) is 17.6. The summed E-state index contributed by atoms with van der Waals surface area (Å²) in [6, 6.07) is 7.86. The van der Waals surface area contributed by atoms with Gasteiger partial charge in [0.1, 0.15) is 22.6 Å². The van der Waals surface area contributed by atoms with Gasteiger partial charge in [0.05, 0.1) is 11.6 Å². The normalized spacial score (nSPS) is 20.2. The van der Waals surface area contributed by atoms with Crippen LogP contribution in [0.5, 0.6) is 5.75 Å². The molecule has 2 aromatic heterocycles. The zero-order valence-electron chi connectivity index (χ0n) is 21.3. The Bertz CT molecular complexity index is 1210. The number of halogens is 1. The standard InChI is InChI=1S/C27H36BrN7O/c1-33-11-13-35(14-12-33)20-7-9-34(10-8-20)21-6-3-18(23(16-21)36-2)15-24-31-25-22(28)17-29-26(25)27(32-24)30-19-4-5-19/h3,6,16-17,19-20,29H,4-5,7-15H2,1-2H3,(H,30,31,32). The monoisotopic (exact) mass is 553 g/mol. The number of aromatic amines is 1. The summed E-state index contributed by atoms with van der Waals surface area (Å²) in [4.78, 5) is 20.7. The number of anilines is 2. The highest BCUT2D eigenvalue weighted by Crippen LogP contribution is 2.33. The molecule has 8 nitrogen and oxygen atoms in total. The number of hydrogen-bond donors (Lipinski definition) is 2. The molecular formula is C27H36BrN7O. The fourth-order valence-electron chi connectivity index (χ4n) is 5.55. The van der Waals surface area contributed by atoms with Crippen LogP contribution in [-0.4, -0.2) is 90.3 Å². The zero-order valence-corrected chi connectivity index (χ0v) is 22.9. The van der Waals surface area contributed by atoms with Crippen molar-refractivity contribution < 1.29 is 4.74 Å². The molecule has 2 N–H and O–H groups in total. The summed E-state index contributed by atoms with van der Waals surface area (Å²) >= 11 is 3.63. The Kier molecular flexibility index (Phi) is 6.79. The van der Waals surface area contributed by atoms with E-state index in [9.17, 15) is 0 Å². The maximum Gasteiger partial charge on any atom is 0.154 e. The van der Waals surface area contributed by atoms with E-state index in [0.29, 0.717) is 12.5 Å². The molecule has 2 saturated heterocycles. The van der Waals surface area contributed by atoms with E-state index in [4.69, 9.17) is 14.7 Å². The lowest BCUT2D eigenvalue weighted by molar-refractivity contribution is 0.0982. The van der Waals surface area contributed by atoms with E-state index >= 15 is 0 Å². The van der Waals surface area contributed by atoms with Crippen molar-refractivity contribution >= 4 is 38.5 Å². The van der Waals surface area contributed by atoms with E-state index in [1.54, 1.807) is 7.11 Å². The number of fused-ring (bicyclic) bond motifs is 1. The third-order valence-electron chi connectivity index (χ3n) is 7.95. The molecule has 3 aromatic rings. The second kappa shape index (κ2) is 10.2. The van der Waals surface area contributed by atoms with Gasteiger partial charge in [-0.15, -0.1) is 0 Å². The number of piperidine rings is 1. The number of likely N-dealkylation sites (N-methyl/N-ethyl adjacent to an activating group) is 1. The molecular weight excluding hydrogens is 518 g/mol. The third-order valence-corrected chi connectivity index (χ3v) is 8.55. The molecule has 36 heavy (non-hydrogen) atoms. The van der Waals surface area contributed by atoms with Crippen LogP contribution in [0.2, 0.25) is 0 Å². The second-order valence-corrected chi connectivity index (χ2v) is 11.4. The van der Waals surface area contributed by atoms with Gasteiger partial charge in [-0.1, -0.05) is 6.07 Å². The molecule has 192 valence electrons. The van der Waals surface area contributed by atoms with Crippen LogP contribution >= 0.6 is 15.9 Å². The van der Waals surface area contributed by atoms with Gasteiger partial charge in [0.25, 0.3) is 0 Å². The Labute approximate surface area is 221 Å². The van der Waals surface area contributed by atoms with Gasteiger partial charge in [-0.25, -0.2) is 9.97 Å². The highest BCUT2D eigenvalue weighted by Gasteiger charge is 2.27. The lowest BCUT2D eigenvalue weighted by atomic mass is 10.0. The molecule has 4 heterocycles. The number of ether oxygens (including phenoxy) is 1. The quantitative estimate of drug-likeness (QED) is 0.456. The predicted octanol–water partition coefficient (Wildman–Crippen LogP) is 4.11. The molecule has 0 spiro atoms. The van der Waals surface area contributed by atoms with Crippen molar-refractivity contribution in [1.29, 1.82) is 0 Å². The zero-order chi connectivity index (χ0) is 24.6. The first-order valence-electron chi connectivity index (χ1n) is 13.2. The summed E-state index contributed by atoms with van der Waals surface area (Å²) in [5, 5.41) is 3.56. The number of methoxy groups -OCH3 is 1. The molecule has 6 rings (SSSR count). The summed E-state index contributed by atoms with van der Waals surface area (Å²) in [6.45, 7) is 6.97. The van der Waals surface area contributed by atoms with E-state index in [1.165, 1.54) is 57.5 Å². The molecule has 1 aromatic carbocycles. The largest absolute Gasteiger partial charge is 0.496 e. The summed E-state index contributed by atoms with van der Waals surface area (Å²) in [6.07, 6.45) is 7.41. The highest BCUT2D eigenvalue weighted by atomic mass is 79.9. The molecule has 9 heteroatoms. The average molecular weight is 555 g/mol. The van der Waals surface area contributed by atoms with Gasteiger partial charge in [0, 0.05) is 81.3 Å². The van der Waals surface area contributed by atoms with Crippen molar-refractivity contribution in [3.63, 3.8) is 0 Å². The van der Waals surface area contributed by atoms with Crippen LogP contribution in [0.4, 0.5) is 11.5 Å². The van der Waals surface area contributed by atoms with Crippen molar-refractivity contribution in [2.45, 2.75) is 44.2 Å². The molecule has 0 amide bonds. The molecule has 1 aliphatic carbocycles. The Morgan fingerprint density at radius 3 is 2.56 bits per heavy atom. The second-order valence-electron chi connectivity index (χ2n) is 10.5. The smallest absolute Gasteiger partial charge is 0.154 e. The summed E-state index contributed by atoms with van der Waals surface area (Å²) in [5.74, 6) is 2.59. The van der Waals surface area contributed by atoms with Crippen molar-refractivity contribution in [1.82, 2.24) is 24.8 Å². The Morgan fingerprint density at radius 1 is 1.06 bits per heavy atom. The molecule has 0 unspecified atom stereocenters. The van der Waals surface area contributed by atoms with Gasteiger partial charge < -0.3 is 24.8 Å². The minimum Gasteiger partial charge on any atom is -0.496 e. The first kappa shape index (κ1) is 24.0. The van der Waals surface area contributed by atoms with E-state index in [0.717, 1.165) is 57.6 Å². The number of nitrogens with one attached hydrogen (secondary N) is 2. The minimum atomic E-state index is 0.521. The van der Waals surface area contributed by atoms with Crippen LogP contribution in [-0.2, 0) is 6.42 Å². The Morgan fingerprint density at radius 2 is 1.83 bits per heavy atom. The van der Waals surface area contributed by atoms with Crippen LogP contribution < -0.4 is 15.0 Å². The fraction of sp³-hybridized carbons (Fsp3) is 0.556. The molecule has 2 aliphatic heterocycles. The van der Waals surface area contributed by atoms with Crippen molar-refractivity contribution in [3.8, 4) is 5.75 Å². The van der Waals surface area contributed by atoms with E-state index in [-0.39, 0.29) is 0 Å². The van der Waals surface area contributed by atoms with Gasteiger partial charge in [-0.3, -0.25) is 4.90 Å². The average Bonchev–Trinajstić information content (AvgIpc) is 3.65. The third kappa shape index (κ3) is 5.06. The first-order valence-corrected chi connectivity index (χ1v) is 14.0. The molecule has 0 radical (unpaired) electrons. The number of benzene rings is 1. The lowest BCUT2D eigenvalue weighted by Gasteiger charge is -2.42. The summed E-state index contributed by atoms with van der Waals surface area (Å²) in [5.41, 5.74) is 4.23. The van der Waals surface area contributed by atoms with Gasteiger partial charge in [0.2, 0.25) is 0 Å². The molecule has 1 saturated carbocycles. The number of nitrogens with zero attached hydrogens (tertiary/aromatic N) is 5. The summed E-state index contributed by atoms with van der Waals surface area (Å²) < 4.78 is 6.81. The van der Waals surface area contributed by atoms with E-state index < -0.39 is 0 Å². The van der Waals surface area contributed by atoms with Gasteiger partial charge in [-0.2, -0.15) is 0 Å². The van der Waals surface area contributed by atoms with Crippen LogP contribution in [0.3, 0.4) is 0 Å². The molecule has 3 aliphatic rings. The van der Waals surface area contributed by atoms with E-state index in [1.807, 2.05) is 6.20 Å². The number of aromatic nitrogens is 3. The van der Waals surface area contributed by atoms with Crippen LogP contribution in [0.15, 0.2) is 28.9 Å². The molecule has 0 atom stereocenters. The lowest BCUT2D eigenvalue weighted by Crippen LogP contribution is -2.52. The molecule has 0 bridgehead atoms. The van der Waals surface area contributed by atoms with Gasteiger partial charge in [0.15, 0.2) is 5.82 Å². The van der Waals surface area contributed by atoms with Crippen LogP contribution in [0, 0.1) is 0 Å².